The predicted molar refractivity (Wildman–Crippen MR) is 77.5 cm³/mol. The zero-order valence-electron chi connectivity index (χ0n) is 10.2. The number of rotatable bonds is 4. The van der Waals surface area contributed by atoms with Gasteiger partial charge in [0.05, 0.1) is 5.39 Å². The molecule has 1 N–H and O–H groups in total. The van der Waals surface area contributed by atoms with E-state index in [1.807, 2.05) is 11.4 Å². The van der Waals surface area contributed by atoms with E-state index in [0.29, 0.717) is 5.28 Å². The van der Waals surface area contributed by atoms with Crippen molar-refractivity contribution >= 4 is 39.0 Å². The Balaban J connectivity index is 1.67. The largest absolute Gasteiger partial charge is 0.369 e. The summed E-state index contributed by atoms with van der Waals surface area (Å²) in [6, 6.07) is 2.05. The van der Waals surface area contributed by atoms with Gasteiger partial charge < -0.3 is 5.32 Å². The van der Waals surface area contributed by atoms with Gasteiger partial charge in [-0.2, -0.15) is 0 Å². The third-order valence-corrected chi connectivity index (χ3v) is 4.59. The van der Waals surface area contributed by atoms with Crippen LogP contribution in [-0.2, 0) is 0 Å². The SMILES string of the molecule is Clc1nc(NCCC2CCCC2)c2ccsc2n1. The van der Waals surface area contributed by atoms with Crippen LogP contribution in [0.2, 0.25) is 5.28 Å². The molecule has 96 valence electrons. The number of hydrogen-bond acceptors (Lipinski definition) is 4. The first kappa shape index (κ1) is 12.2. The molecule has 18 heavy (non-hydrogen) atoms. The topological polar surface area (TPSA) is 37.8 Å². The Morgan fingerprint density at radius 1 is 1.33 bits per heavy atom. The molecule has 0 radical (unpaired) electrons. The maximum Gasteiger partial charge on any atom is 0.225 e. The second-order valence-electron chi connectivity index (χ2n) is 4.85. The van der Waals surface area contributed by atoms with E-state index >= 15 is 0 Å². The maximum atomic E-state index is 5.93. The van der Waals surface area contributed by atoms with Crippen molar-refractivity contribution in [2.75, 3.05) is 11.9 Å². The number of nitrogens with one attached hydrogen (secondary N) is 1. The van der Waals surface area contributed by atoms with Gasteiger partial charge in [-0.15, -0.1) is 11.3 Å². The van der Waals surface area contributed by atoms with Gasteiger partial charge in [-0.3, -0.25) is 0 Å². The first-order chi connectivity index (χ1) is 8.83. The number of thiophene rings is 1. The van der Waals surface area contributed by atoms with Gasteiger partial charge in [0.2, 0.25) is 5.28 Å². The quantitative estimate of drug-likeness (QED) is 0.847. The van der Waals surface area contributed by atoms with Crippen LogP contribution < -0.4 is 5.32 Å². The van der Waals surface area contributed by atoms with Crippen molar-refractivity contribution in [3.63, 3.8) is 0 Å². The summed E-state index contributed by atoms with van der Waals surface area (Å²) in [6.07, 6.45) is 6.81. The molecule has 1 fully saturated rings. The van der Waals surface area contributed by atoms with E-state index in [-0.39, 0.29) is 0 Å². The van der Waals surface area contributed by atoms with Crippen LogP contribution in [0, 0.1) is 5.92 Å². The zero-order valence-corrected chi connectivity index (χ0v) is 11.7. The summed E-state index contributed by atoms with van der Waals surface area (Å²) in [7, 11) is 0. The summed E-state index contributed by atoms with van der Waals surface area (Å²) in [5.74, 6) is 1.78. The van der Waals surface area contributed by atoms with Crippen molar-refractivity contribution in [1.29, 1.82) is 0 Å². The molecule has 2 heterocycles. The number of halogens is 1. The number of anilines is 1. The van der Waals surface area contributed by atoms with Crippen LogP contribution in [0.5, 0.6) is 0 Å². The van der Waals surface area contributed by atoms with Gasteiger partial charge >= 0.3 is 0 Å². The first-order valence-corrected chi connectivity index (χ1v) is 7.73. The lowest BCUT2D eigenvalue weighted by Crippen LogP contribution is -2.08. The lowest BCUT2D eigenvalue weighted by atomic mass is 10.0. The molecule has 1 aliphatic rings. The highest BCUT2D eigenvalue weighted by atomic mass is 35.5. The van der Waals surface area contributed by atoms with E-state index in [1.165, 1.54) is 32.1 Å². The summed E-state index contributed by atoms with van der Waals surface area (Å²) in [5.41, 5.74) is 0. The summed E-state index contributed by atoms with van der Waals surface area (Å²) in [5, 5.41) is 6.84. The molecule has 0 saturated heterocycles. The van der Waals surface area contributed by atoms with Crippen molar-refractivity contribution in [3.05, 3.63) is 16.7 Å². The smallest absolute Gasteiger partial charge is 0.225 e. The standard InChI is InChI=1S/C13H16ClN3S/c14-13-16-11(10-6-8-18-12(10)17-13)15-7-5-9-3-1-2-4-9/h6,8-9H,1-5,7H2,(H,15,16,17). The summed E-state index contributed by atoms with van der Waals surface area (Å²) >= 11 is 7.53. The van der Waals surface area contributed by atoms with Gasteiger partial charge in [0.25, 0.3) is 0 Å². The van der Waals surface area contributed by atoms with E-state index in [0.717, 1.165) is 28.5 Å². The van der Waals surface area contributed by atoms with Gasteiger partial charge in [-0.05, 0) is 35.4 Å². The Morgan fingerprint density at radius 3 is 3.00 bits per heavy atom. The van der Waals surface area contributed by atoms with Gasteiger partial charge in [0.1, 0.15) is 10.6 Å². The van der Waals surface area contributed by atoms with Gasteiger partial charge in [-0.1, -0.05) is 25.7 Å². The molecule has 2 aromatic rings. The molecule has 3 rings (SSSR count). The zero-order chi connectivity index (χ0) is 12.4. The molecular weight excluding hydrogens is 266 g/mol. The first-order valence-electron chi connectivity index (χ1n) is 6.47. The number of aromatic nitrogens is 2. The van der Waals surface area contributed by atoms with Crippen LogP contribution in [0.3, 0.4) is 0 Å². The average Bonchev–Trinajstić information content (AvgIpc) is 2.98. The molecule has 0 aliphatic heterocycles. The molecule has 1 saturated carbocycles. The Kier molecular flexibility index (Phi) is 3.66. The number of fused-ring (bicyclic) bond motifs is 1. The minimum absolute atomic E-state index is 0.327. The Morgan fingerprint density at radius 2 is 2.17 bits per heavy atom. The molecule has 0 aromatic carbocycles. The van der Waals surface area contributed by atoms with Crippen molar-refractivity contribution in [1.82, 2.24) is 9.97 Å². The number of hydrogen-bond donors (Lipinski definition) is 1. The molecule has 5 heteroatoms. The minimum atomic E-state index is 0.327. The van der Waals surface area contributed by atoms with E-state index < -0.39 is 0 Å². The average molecular weight is 282 g/mol. The van der Waals surface area contributed by atoms with Crippen LogP contribution in [0.1, 0.15) is 32.1 Å². The van der Waals surface area contributed by atoms with Gasteiger partial charge in [-0.25, -0.2) is 9.97 Å². The van der Waals surface area contributed by atoms with Crippen molar-refractivity contribution < 1.29 is 0 Å². The second kappa shape index (κ2) is 5.41. The van der Waals surface area contributed by atoms with E-state index in [9.17, 15) is 0 Å². The fraction of sp³-hybridized carbons (Fsp3) is 0.538. The van der Waals surface area contributed by atoms with E-state index in [2.05, 4.69) is 15.3 Å². The molecule has 0 bridgehead atoms. The second-order valence-corrected chi connectivity index (χ2v) is 6.08. The fourth-order valence-corrected chi connectivity index (χ4v) is 3.64. The van der Waals surface area contributed by atoms with Gasteiger partial charge in [0.15, 0.2) is 0 Å². The molecule has 0 atom stereocenters. The van der Waals surface area contributed by atoms with E-state index in [4.69, 9.17) is 11.6 Å². The molecule has 0 spiro atoms. The molecule has 1 aliphatic carbocycles. The summed E-state index contributed by atoms with van der Waals surface area (Å²) in [4.78, 5) is 9.46. The monoisotopic (exact) mass is 281 g/mol. The predicted octanol–water partition coefficient (Wildman–Crippen LogP) is 4.34. The number of nitrogens with zero attached hydrogens (tertiary/aromatic N) is 2. The van der Waals surface area contributed by atoms with Crippen molar-refractivity contribution in [2.24, 2.45) is 5.92 Å². The highest BCUT2D eigenvalue weighted by Crippen LogP contribution is 2.29. The Hall–Kier alpha value is -0.870. The third kappa shape index (κ3) is 2.59. The normalized spacial score (nSPS) is 16.5. The van der Waals surface area contributed by atoms with Crippen molar-refractivity contribution in [3.8, 4) is 0 Å². The Bertz CT molecular complexity index is 534. The third-order valence-electron chi connectivity index (χ3n) is 3.62. The highest BCUT2D eigenvalue weighted by Gasteiger charge is 2.14. The van der Waals surface area contributed by atoms with Crippen LogP contribution in [0.25, 0.3) is 10.2 Å². The highest BCUT2D eigenvalue weighted by molar-refractivity contribution is 7.16. The van der Waals surface area contributed by atoms with Crippen LogP contribution in [0.4, 0.5) is 5.82 Å². The molecule has 0 amide bonds. The molecule has 0 unspecified atom stereocenters. The minimum Gasteiger partial charge on any atom is -0.369 e. The van der Waals surface area contributed by atoms with Crippen LogP contribution in [-0.4, -0.2) is 16.5 Å². The molecule has 3 nitrogen and oxygen atoms in total. The molecular formula is C13H16ClN3S. The fourth-order valence-electron chi connectivity index (χ4n) is 2.66. The van der Waals surface area contributed by atoms with E-state index in [1.54, 1.807) is 11.3 Å². The van der Waals surface area contributed by atoms with Crippen LogP contribution >= 0.6 is 22.9 Å². The van der Waals surface area contributed by atoms with Crippen molar-refractivity contribution in [2.45, 2.75) is 32.1 Å². The summed E-state index contributed by atoms with van der Waals surface area (Å²) < 4.78 is 0. The molecule has 2 aromatic heterocycles. The summed E-state index contributed by atoms with van der Waals surface area (Å²) in [6.45, 7) is 0.975. The van der Waals surface area contributed by atoms with Crippen LogP contribution in [0.15, 0.2) is 11.4 Å². The Labute approximate surface area is 116 Å². The lowest BCUT2D eigenvalue weighted by molar-refractivity contribution is 0.518. The maximum absolute atomic E-state index is 5.93. The van der Waals surface area contributed by atoms with Gasteiger partial charge in [0, 0.05) is 6.54 Å². The lowest BCUT2D eigenvalue weighted by Gasteiger charge is -2.10.